The van der Waals surface area contributed by atoms with E-state index in [0.717, 1.165) is 6.07 Å². The molecule has 9 heteroatoms. The molecule has 0 bridgehead atoms. The molecule has 1 heterocycles. The number of aromatic nitrogens is 2. The first-order chi connectivity index (χ1) is 8.79. The van der Waals surface area contributed by atoms with Crippen LogP contribution in [0, 0.1) is 25.5 Å². The molecule has 2 aromatic rings. The van der Waals surface area contributed by atoms with Gasteiger partial charge in [0.1, 0.15) is 16.5 Å². The van der Waals surface area contributed by atoms with E-state index in [9.17, 15) is 17.2 Å². The zero-order valence-electron chi connectivity index (χ0n) is 9.94. The molecular formula is C10H9F2N3O3S. The van der Waals surface area contributed by atoms with Crippen LogP contribution in [0.15, 0.2) is 21.6 Å². The minimum Gasteiger partial charge on any atom is -0.338 e. The van der Waals surface area contributed by atoms with Crippen molar-refractivity contribution >= 4 is 16.0 Å². The van der Waals surface area contributed by atoms with Gasteiger partial charge in [-0.1, -0.05) is 0 Å². The van der Waals surface area contributed by atoms with E-state index in [1.165, 1.54) is 13.8 Å². The van der Waals surface area contributed by atoms with Gasteiger partial charge in [0, 0.05) is 13.0 Å². The van der Waals surface area contributed by atoms with Crippen molar-refractivity contribution in [1.29, 1.82) is 0 Å². The molecule has 1 N–H and O–H groups in total. The van der Waals surface area contributed by atoms with E-state index in [4.69, 9.17) is 0 Å². The van der Waals surface area contributed by atoms with Gasteiger partial charge < -0.3 is 4.52 Å². The third kappa shape index (κ3) is 2.70. The fourth-order valence-electron chi connectivity index (χ4n) is 1.35. The van der Waals surface area contributed by atoms with Crippen LogP contribution in [0.2, 0.25) is 0 Å². The quantitative estimate of drug-likeness (QED) is 0.930. The van der Waals surface area contributed by atoms with Crippen LogP contribution in [0.1, 0.15) is 11.5 Å². The van der Waals surface area contributed by atoms with Gasteiger partial charge in [-0.3, -0.25) is 0 Å². The summed E-state index contributed by atoms with van der Waals surface area (Å²) in [7, 11) is -4.25. The molecule has 0 unspecified atom stereocenters. The molecule has 0 aliphatic heterocycles. The maximum Gasteiger partial charge on any atom is 0.277 e. The van der Waals surface area contributed by atoms with Gasteiger partial charge in [0.15, 0.2) is 0 Å². The van der Waals surface area contributed by atoms with E-state index in [0.29, 0.717) is 6.07 Å². The van der Waals surface area contributed by atoms with E-state index < -0.39 is 26.6 Å². The van der Waals surface area contributed by atoms with Crippen molar-refractivity contribution in [1.82, 2.24) is 10.1 Å². The maximum atomic E-state index is 13.5. The SMILES string of the molecule is Cc1nc(NS(=O)(=O)c2cc(C)c(F)cc2F)no1. The first-order valence-electron chi connectivity index (χ1n) is 5.08. The molecule has 0 amide bonds. The fraction of sp³-hybridized carbons (Fsp3) is 0.200. The molecule has 0 saturated heterocycles. The highest BCUT2D eigenvalue weighted by Gasteiger charge is 2.22. The van der Waals surface area contributed by atoms with Crippen molar-refractivity contribution < 1.29 is 21.7 Å². The number of halogens is 2. The van der Waals surface area contributed by atoms with Gasteiger partial charge in [0.2, 0.25) is 5.89 Å². The van der Waals surface area contributed by atoms with Crippen molar-refractivity contribution in [3.63, 3.8) is 0 Å². The standard InChI is InChI=1S/C10H9F2N3O3S/c1-5-3-9(8(12)4-7(5)11)19(16,17)15-10-13-6(2)18-14-10/h3-4H,1-2H3,(H,14,15). The maximum absolute atomic E-state index is 13.5. The Balaban J connectivity index is 2.42. The Bertz CT molecular complexity index is 728. The largest absolute Gasteiger partial charge is 0.338 e. The molecule has 0 spiro atoms. The summed E-state index contributed by atoms with van der Waals surface area (Å²) in [4.78, 5) is 2.94. The van der Waals surface area contributed by atoms with Crippen molar-refractivity contribution in [2.24, 2.45) is 0 Å². The summed E-state index contributed by atoms with van der Waals surface area (Å²) in [5.74, 6) is -2.20. The highest BCUT2D eigenvalue weighted by atomic mass is 32.2. The highest BCUT2D eigenvalue weighted by Crippen LogP contribution is 2.20. The molecule has 0 atom stereocenters. The Hall–Kier alpha value is -2.03. The Morgan fingerprint density at radius 2 is 1.89 bits per heavy atom. The number of rotatable bonds is 3. The summed E-state index contributed by atoms with van der Waals surface area (Å²) < 4.78 is 56.9. The third-order valence-electron chi connectivity index (χ3n) is 2.26. The summed E-state index contributed by atoms with van der Waals surface area (Å²) in [6.45, 7) is 2.79. The van der Waals surface area contributed by atoms with Crippen LogP contribution in [0.5, 0.6) is 0 Å². The monoisotopic (exact) mass is 289 g/mol. The summed E-state index contributed by atoms with van der Waals surface area (Å²) in [6.07, 6.45) is 0. The van der Waals surface area contributed by atoms with E-state index >= 15 is 0 Å². The van der Waals surface area contributed by atoms with Gasteiger partial charge in [0.25, 0.3) is 16.0 Å². The number of sulfonamides is 1. The van der Waals surface area contributed by atoms with Crippen LogP contribution in [-0.4, -0.2) is 18.6 Å². The van der Waals surface area contributed by atoms with Gasteiger partial charge in [-0.15, -0.1) is 0 Å². The first-order valence-corrected chi connectivity index (χ1v) is 6.56. The van der Waals surface area contributed by atoms with Gasteiger partial charge in [-0.05, 0) is 23.7 Å². The summed E-state index contributed by atoms with van der Waals surface area (Å²) >= 11 is 0. The molecular weight excluding hydrogens is 280 g/mol. The number of nitrogens with one attached hydrogen (secondary N) is 1. The van der Waals surface area contributed by atoms with Crippen molar-refractivity contribution in [2.45, 2.75) is 18.7 Å². The number of hydrogen-bond acceptors (Lipinski definition) is 5. The normalized spacial score (nSPS) is 11.6. The number of nitrogens with zero attached hydrogens (tertiary/aromatic N) is 2. The van der Waals surface area contributed by atoms with Gasteiger partial charge in [0.05, 0.1) is 0 Å². The number of anilines is 1. The second-order valence-electron chi connectivity index (χ2n) is 3.77. The Kier molecular flexibility index (Phi) is 3.23. The molecule has 1 aromatic heterocycles. The molecule has 0 saturated carbocycles. The van der Waals surface area contributed by atoms with Crippen molar-refractivity contribution in [3.8, 4) is 0 Å². The molecule has 2 rings (SSSR count). The lowest BCUT2D eigenvalue weighted by atomic mass is 10.2. The van der Waals surface area contributed by atoms with Crippen molar-refractivity contribution in [2.75, 3.05) is 4.72 Å². The van der Waals surface area contributed by atoms with Crippen LogP contribution in [0.25, 0.3) is 0 Å². The lowest BCUT2D eigenvalue weighted by molar-refractivity contribution is 0.395. The Labute approximate surface area is 107 Å². The Morgan fingerprint density at radius 3 is 2.47 bits per heavy atom. The molecule has 102 valence electrons. The average molecular weight is 289 g/mol. The smallest absolute Gasteiger partial charge is 0.277 e. The lowest BCUT2D eigenvalue weighted by Crippen LogP contribution is -2.16. The van der Waals surface area contributed by atoms with Gasteiger partial charge in [-0.25, -0.2) is 21.9 Å². The molecule has 1 aromatic carbocycles. The summed E-state index contributed by atoms with van der Waals surface area (Å²) in [5, 5.41) is 3.32. The van der Waals surface area contributed by atoms with E-state index in [2.05, 4.69) is 14.7 Å². The summed E-state index contributed by atoms with van der Waals surface area (Å²) in [5.41, 5.74) is 0.00562. The minimum atomic E-state index is -4.25. The van der Waals surface area contributed by atoms with Crippen LogP contribution in [-0.2, 0) is 10.0 Å². The van der Waals surface area contributed by atoms with Gasteiger partial charge in [-0.2, -0.15) is 4.98 Å². The predicted octanol–water partition coefficient (Wildman–Crippen LogP) is 1.77. The number of hydrogen-bond donors (Lipinski definition) is 1. The summed E-state index contributed by atoms with van der Waals surface area (Å²) in [6, 6.07) is 1.39. The predicted molar refractivity (Wildman–Crippen MR) is 60.9 cm³/mol. The zero-order chi connectivity index (χ0) is 14.2. The molecule has 19 heavy (non-hydrogen) atoms. The molecule has 6 nitrogen and oxygen atoms in total. The van der Waals surface area contributed by atoms with Gasteiger partial charge >= 0.3 is 0 Å². The van der Waals surface area contributed by atoms with E-state index in [-0.39, 0.29) is 17.4 Å². The molecule has 0 radical (unpaired) electrons. The highest BCUT2D eigenvalue weighted by molar-refractivity contribution is 7.92. The second-order valence-corrected chi connectivity index (χ2v) is 5.43. The lowest BCUT2D eigenvalue weighted by Gasteiger charge is -2.07. The second kappa shape index (κ2) is 4.57. The van der Waals surface area contributed by atoms with E-state index in [1.54, 1.807) is 0 Å². The third-order valence-corrected chi connectivity index (χ3v) is 3.60. The van der Waals surface area contributed by atoms with Crippen LogP contribution < -0.4 is 4.72 Å². The van der Waals surface area contributed by atoms with Crippen LogP contribution in [0.4, 0.5) is 14.7 Å². The van der Waals surface area contributed by atoms with Crippen LogP contribution >= 0.6 is 0 Å². The fourth-order valence-corrected chi connectivity index (χ4v) is 2.43. The minimum absolute atomic E-state index is 0.00562. The van der Waals surface area contributed by atoms with E-state index in [1.807, 2.05) is 4.72 Å². The zero-order valence-corrected chi connectivity index (χ0v) is 10.8. The van der Waals surface area contributed by atoms with Crippen molar-refractivity contribution in [3.05, 3.63) is 35.2 Å². The Morgan fingerprint density at radius 1 is 1.21 bits per heavy atom. The van der Waals surface area contributed by atoms with Crippen LogP contribution in [0.3, 0.4) is 0 Å². The molecule has 0 fully saturated rings. The number of benzene rings is 1. The number of aryl methyl sites for hydroxylation is 2. The topological polar surface area (TPSA) is 85.1 Å². The molecule has 0 aliphatic carbocycles. The first kappa shape index (κ1) is 13.4. The molecule has 0 aliphatic rings. The average Bonchev–Trinajstić information content (AvgIpc) is 2.68.